The van der Waals surface area contributed by atoms with E-state index in [0.717, 1.165) is 25.4 Å². The van der Waals surface area contributed by atoms with Gasteiger partial charge in [-0.25, -0.2) is 0 Å². The lowest BCUT2D eigenvalue weighted by Crippen LogP contribution is -2.32. The summed E-state index contributed by atoms with van der Waals surface area (Å²) in [6.07, 6.45) is 3.81. The third-order valence-electron chi connectivity index (χ3n) is 4.43. The quantitative estimate of drug-likeness (QED) is 0.814. The Morgan fingerprint density at radius 2 is 2.06 bits per heavy atom. The predicted octanol–water partition coefficient (Wildman–Crippen LogP) is 2.27. The average molecular weight is 246 g/mol. The molecule has 2 N–H and O–H groups in total. The Labute approximate surface area is 109 Å². The first kappa shape index (κ1) is 12.0. The van der Waals surface area contributed by atoms with E-state index in [1.165, 1.54) is 37.9 Å². The molecular weight excluding hydrogens is 224 g/mol. The molecule has 2 saturated heterocycles. The highest BCUT2D eigenvalue weighted by atomic mass is 16.5. The third-order valence-corrected chi connectivity index (χ3v) is 4.43. The summed E-state index contributed by atoms with van der Waals surface area (Å²) in [7, 11) is 0. The lowest BCUT2D eigenvalue weighted by atomic mass is 9.80. The van der Waals surface area contributed by atoms with Gasteiger partial charge in [0.1, 0.15) is 0 Å². The molecule has 0 aromatic heterocycles. The van der Waals surface area contributed by atoms with Crippen molar-refractivity contribution in [1.29, 1.82) is 0 Å². The van der Waals surface area contributed by atoms with Crippen LogP contribution in [0.1, 0.15) is 24.8 Å². The highest BCUT2D eigenvalue weighted by Crippen LogP contribution is 2.40. The molecule has 0 bridgehead atoms. The van der Waals surface area contributed by atoms with Gasteiger partial charge in [0, 0.05) is 32.0 Å². The zero-order valence-corrected chi connectivity index (χ0v) is 10.9. The van der Waals surface area contributed by atoms with Gasteiger partial charge in [0.25, 0.3) is 0 Å². The Morgan fingerprint density at radius 1 is 1.22 bits per heavy atom. The van der Waals surface area contributed by atoms with Crippen molar-refractivity contribution in [3.05, 3.63) is 29.8 Å². The van der Waals surface area contributed by atoms with Gasteiger partial charge in [0.2, 0.25) is 0 Å². The van der Waals surface area contributed by atoms with E-state index in [-0.39, 0.29) is 0 Å². The van der Waals surface area contributed by atoms with Crippen LogP contribution in [0, 0.1) is 5.41 Å². The van der Waals surface area contributed by atoms with Gasteiger partial charge in [-0.2, -0.15) is 0 Å². The number of nitrogens with zero attached hydrogens (tertiary/aromatic N) is 1. The van der Waals surface area contributed by atoms with Crippen molar-refractivity contribution in [2.24, 2.45) is 5.41 Å². The fraction of sp³-hybridized carbons (Fsp3) is 0.600. The van der Waals surface area contributed by atoms with Crippen molar-refractivity contribution in [1.82, 2.24) is 4.90 Å². The minimum atomic E-state index is 0.540. The summed E-state index contributed by atoms with van der Waals surface area (Å²) in [4.78, 5) is 2.57. The standard InChI is InChI=1S/C15H22N2O/c16-14-3-1-2-13(10-14)11-17-7-4-15(12-17)5-8-18-9-6-15/h1-3,10H,4-9,11-12,16H2. The van der Waals surface area contributed by atoms with Gasteiger partial charge in [-0.3, -0.25) is 4.90 Å². The second kappa shape index (κ2) is 4.90. The van der Waals surface area contributed by atoms with Gasteiger partial charge in [-0.15, -0.1) is 0 Å². The Bertz CT molecular complexity index is 413. The van der Waals surface area contributed by atoms with E-state index in [1.807, 2.05) is 12.1 Å². The lowest BCUT2D eigenvalue weighted by Gasteiger charge is -2.33. The minimum absolute atomic E-state index is 0.540. The molecule has 0 saturated carbocycles. The monoisotopic (exact) mass is 246 g/mol. The van der Waals surface area contributed by atoms with Crippen LogP contribution in [0.25, 0.3) is 0 Å². The van der Waals surface area contributed by atoms with Crippen molar-refractivity contribution in [2.45, 2.75) is 25.8 Å². The summed E-state index contributed by atoms with van der Waals surface area (Å²) >= 11 is 0. The van der Waals surface area contributed by atoms with E-state index < -0.39 is 0 Å². The molecule has 0 atom stereocenters. The first-order valence-corrected chi connectivity index (χ1v) is 6.90. The van der Waals surface area contributed by atoms with Gasteiger partial charge >= 0.3 is 0 Å². The molecule has 3 rings (SSSR count). The molecule has 0 unspecified atom stereocenters. The van der Waals surface area contributed by atoms with Crippen molar-refractivity contribution >= 4 is 5.69 Å². The fourth-order valence-corrected chi connectivity index (χ4v) is 3.32. The number of nitrogens with two attached hydrogens (primary N) is 1. The largest absolute Gasteiger partial charge is 0.399 e. The van der Waals surface area contributed by atoms with Crippen LogP contribution in [0.4, 0.5) is 5.69 Å². The SMILES string of the molecule is Nc1cccc(CN2CCC3(CCOCC3)C2)c1. The Morgan fingerprint density at radius 3 is 2.83 bits per heavy atom. The molecule has 3 nitrogen and oxygen atoms in total. The summed E-state index contributed by atoms with van der Waals surface area (Å²) in [6, 6.07) is 8.26. The van der Waals surface area contributed by atoms with E-state index in [2.05, 4.69) is 17.0 Å². The number of hydrogen-bond acceptors (Lipinski definition) is 3. The first-order valence-electron chi connectivity index (χ1n) is 6.90. The molecule has 2 aliphatic rings. The number of benzene rings is 1. The van der Waals surface area contributed by atoms with Gasteiger partial charge in [0.15, 0.2) is 0 Å². The molecule has 18 heavy (non-hydrogen) atoms. The lowest BCUT2D eigenvalue weighted by molar-refractivity contribution is 0.0190. The zero-order valence-electron chi connectivity index (χ0n) is 10.9. The van der Waals surface area contributed by atoms with Crippen LogP contribution >= 0.6 is 0 Å². The van der Waals surface area contributed by atoms with Gasteiger partial charge in [0.05, 0.1) is 0 Å². The Hall–Kier alpha value is -1.06. The van der Waals surface area contributed by atoms with Crippen LogP contribution < -0.4 is 5.73 Å². The van der Waals surface area contributed by atoms with E-state index in [9.17, 15) is 0 Å². The van der Waals surface area contributed by atoms with Gasteiger partial charge in [-0.05, 0) is 48.9 Å². The maximum Gasteiger partial charge on any atom is 0.0471 e. The summed E-state index contributed by atoms with van der Waals surface area (Å²) in [5.74, 6) is 0. The molecule has 2 aliphatic heterocycles. The maximum absolute atomic E-state index is 5.83. The first-order chi connectivity index (χ1) is 8.76. The highest BCUT2D eigenvalue weighted by molar-refractivity contribution is 5.40. The summed E-state index contributed by atoms with van der Waals surface area (Å²) in [5.41, 5.74) is 8.57. The second-order valence-electron chi connectivity index (χ2n) is 5.82. The van der Waals surface area contributed by atoms with E-state index in [4.69, 9.17) is 10.5 Å². The van der Waals surface area contributed by atoms with Crippen LogP contribution in [0.2, 0.25) is 0 Å². The summed E-state index contributed by atoms with van der Waals surface area (Å²) in [6.45, 7) is 5.38. The number of likely N-dealkylation sites (tertiary alicyclic amines) is 1. The van der Waals surface area contributed by atoms with Gasteiger partial charge < -0.3 is 10.5 Å². The molecule has 0 radical (unpaired) electrons. The predicted molar refractivity (Wildman–Crippen MR) is 73.2 cm³/mol. The molecule has 0 amide bonds. The van der Waals surface area contributed by atoms with Crippen LogP contribution in [-0.4, -0.2) is 31.2 Å². The topological polar surface area (TPSA) is 38.5 Å². The molecule has 2 fully saturated rings. The van der Waals surface area contributed by atoms with E-state index in [1.54, 1.807) is 0 Å². The number of rotatable bonds is 2. The molecule has 1 aromatic rings. The Balaban J connectivity index is 1.62. The van der Waals surface area contributed by atoms with Crippen molar-refractivity contribution < 1.29 is 4.74 Å². The third kappa shape index (κ3) is 2.52. The number of nitrogen functional groups attached to an aromatic ring is 1. The Kier molecular flexibility index (Phi) is 3.27. The molecule has 2 heterocycles. The molecule has 1 aromatic carbocycles. The molecule has 3 heteroatoms. The van der Waals surface area contributed by atoms with Gasteiger partial charge in [-0.1, -0.05) is 12.1 Å². The molecule has 1 spiro atoms. The van der Waals surface area contributed by atoms with E-state index >= 15 is 0 Å². The maximum atomic E-state index is 5.83. The van der Waals surface area contributed by atoms with Crippen molar-refractivity contribution in [3.63, 3.8) is 0 Å². The van der Waals surface area contributed by atoms with Crippen LogP contribution in [0.3, 0.4) is 0 Å². The summed E-state index contributed by atoms with van der Waals surface area (Å²) < 4.78 is 5.49. The second-order valence-corrected chi connectivity index (χ2v) is 5.82. The fourth-order valence-electron chi connectivity index (χ4n) is 3.32. The van der Waals surface area contributed by atoms with Crippen molar-refractivity contribution in [3.8, 4) is 0 Å². The van der Waals surface area contributed by atoms with Crippen molar-refractivity contribution in [2.75, 3.05) is 32.0 Å². The van der Waals surface area contributed by atoms with Crippen LogP contribution in [0.5, 0.6) is 0 Å². The normalized spacial score (nSPS) is 23.6. The minimum Gasteiger partial charge on any atom is -0.399 e. The smallest absolute Gasteiger partial charge is 0.0471 e. The summed E-state index contributed by atoms with van der Waals surface area (Å²) in [5, 5.41) is 0. The molecular formula is C15H22N2O. The van der Waals surface area contributed by atoms with Crippen LogP contribution in [-0.2, 0) is 11.3 Å². The number of hydrogen-bond donors (Lipinski definition) is 1. The molecule has 0 aliphatic carbocycles. The molecule has 98 valence electrons. The van der Waals surface area contributed by atoms with Crippen LogP contribution in [0.15, 0.2) is 24.3 Å². The van der Waals surface area contributed by atoms with E-state index in [0.29, 0.717) is 5.41 Å². The average Bonchev–Trinajstić information content (AvgIpc) is 2.73. The zero-order chi connectivity index (χ0) is 12.4. The number of ether oxygens (including phenoxy) is 1. The number of anilines is 1. The highest BCUT2D eigenvalue weighted by Gasteiger charge is 2.38.